The molecule has 12 heteroatoms. The molecule has 3 aliphatic rings. The Morgan fingerprint density at radius 1 is 1.15 bits per heavy atom. The van der Waals surface area contributed by atoms with E-state index in [1.807, 2.05) is 0 Å². The summed E-state index contributed by atoms with van der Waals surface area (Å²) < 4.78 is 21.3. The van der Waals surface area contributed by atoms with E-state index in [1.165, 1.54) is 6.08 Å². The predicted molar refractivity (Wildman–Crippen MR) is 83.4 cm³/mol. The Hall–Kier alpha value is -1.64. The fourth-order valence-electron chi connectivity index (χ4n) is 3.16. The van der Waals surface area contributed by atoms with E-state index in [0.29, 0.717) is 0 Å². The van der Waals surface area contributed by atoms with Crippen LogP contribution in [-0.4, -0.2) is 110 Å². The zero-order chi connectivity index (χ0) is 19.9. The molecule has 0 bridgehead atoms. The van der Waals surface area contributed by atoms with Gasteiger partial charge in [-0.2, -0.15) is 0 Å². The van der Waals surface area contributed by atoms with Gasteiger partial charge in [0.05, 0.1) is 6.61 Å². The highest BCUT2D eigenvalue weighted by molar-refractivity contribution is 5.88. The minimum atomic E-state index is -1.88. The number of aliphatic hydroxyl groups excluding tert-OH is 5. The average Bonchev–Trinajstić information content (AvgIpc) is 3.06. The molecule has 0 aromatic rings. The Labute approximate surface area is 152 Å². The number of rotatable bonds is 5. The second-order valence-corrected chi connectivity index (χ2v) is 6.33. The summed E-state index contributed by atoms with van der Waals surface area (Å²) in [6, 6.07) is -0.932. The highest BCUT2D eigenvalue weighted by Gasteiger charge is 2.54. The molecule has 12 nitrogen and oxygen atoms in total. The lowest BCUT2D eigenvalue weighted by atomic mass is 9.96. The molecule has 10 atom stereocenters. The van der Waals surface area contributed by atoms with Crippen molar-refractivity contribution < 1.29 is 54.4 Å². The van der Waals surface area contributed by atoms with Gasteiger partial charge in [-0.25, -0.2) is 9.79 Å². The van der Waals surface area contributed by atoms with Crippen molar-refractivity contribution in [3.8, 4) is 0 Å². The first-order valence-electron chi connectivity index (χ1n) is 8.17. The Bertz CT molecular complexity index is 613. The molecule has 3 rings (SSSR count). The van der Waals surface area contributed by atoms with Crippen molar-refractivity contribution in [3.05, 3.63) is 12.7 Å². The summed E-state index contributed by atoms with van der Waals surface area (Å²) in [7, 11) is 0. The largest absolute Gasteiger partial charge is 0.479 e. The van der Waals surface area contributed by atoms with Crippen molar-refractivity contribution >= 4 is 11.9 Å². The maximum atomic E-state index is 11.2. The molecule has 0 spiro atoms. The van der Waals surface area contributed by atoms with Crippen LogP contribution < -0.4 is 0 Å². The topological polar surface area (TPSA) is 188 Å². The second-order valence-electron chi connectivity index (χ2n) is 6.33. The number of aliphatic imine (C=N–C) groups is 1. The minimum absolute atomic E-state index is 0.105. The fraction of sp³-hybridized carbons (Fsp3) is 0.733. The fourth-order valence-corrected chi connectivity index (χ4v) is 3.16. The summed E-state index contributed by atoms with van der Waals surface area (Å²) >= 11 is 0. The molecule has 3 aliphatic heterocycles. The van der Waals surface area contributed by atoms with Crippen LogP contribution in [0.25, 0.3) is 0 Å². The third-order valence-corrected chi connectivity index (χ3v) is 4.61. The average molecular weight is 391 g/mol. The van der Waals surface area contributed by atoms with Crippen molar-refractivity contribution in [2.24, 2.45) is 4.99 Å². The molecule has 0 aliphatic carbocycles. The van der Waals surface area contributed by atoms with Crippen LogP contribution in [-0.2, 0) is 23.7 Å². The van der Waals surface area contributed by atoms with Crippen LogP contribution >= 0.6 is 0 Å². The Kier molecular flexibility index (Phi) is 5.79. The zero-order valence-electron chi connectivity index (χ0n) is 13.9. The molecule has 152 valence electrons. The Morgan fingerprint density at radius 2 is 1.85 bits per heavy atom. The van der Waals surface area contributed by atoms with Crippen LogP contribution in [0.4, 0.5) is 0 Å². The van der Waals surface area contributed by atoms with Gasteiger partial charge in [-0.1, -0.05) is 6.58 Å². The molecule has 0 amide bonds. The van der Waals surface area contributed by atoms with Crippen molar-refractivity contribution in [1.82, 2.24) is 0 Å². The third kappa shape index (κ3) is 3.58. The summed E-state index contributed by atoms with van der Waals surface area (Å²) in [5, 5.41) is 58.6. The highest BCUT2D eigenvalue weighted by Crippen LogP contribution is 2.33. The number of nitrogens with zero attached hydrogens (tertiary/aromatic N) is 1. The predicted octanol–water partition coefficient (Wildman–Crippen LogP) is -3.67. The van der Waals surface area contributed by atoms with Gasteiger partial charge in [0, 0.05) is 0 Å². The Balaban J connectivity index is 1.83. The number of aliphatic hydroxyl groups is 5. The van der Waals surface area contributed by atoms with Crippen molar-refractivity contribution in [2.45, 2.75) is 61.3 Å². The maximum absolute atomic E-state index is 11.2. The highest BCUT2D eigenvalue weighted by atomic mass is 16.7. The van der Waals surface area contributed by atoms with Crippen LogP contribution in [0.15, 0.2) is 17.6 Å². The molecule has 0 radical (unpaired) electrons. The molecule has 6 N–H and O–H groups in total. The molecule has 0 unspecified atom stereocenters. The third-order valence-electron chi connectivity index (χ3n) is 4.61. The van der Waals surface area contributed by atoms with Crippen LogP contribution in [0, 0.1) is 0 Å². The summed E-state index contributed by atoms with van der Waals surface area (Å²) in [6.45, 7) is 2.93. The van der Waals surface area contributed by atoms with Crippen LogP contribution in [0.1, 0.15) is 0 Å². The van der Waals surface area contributed by atoms with Crippen LogP contribution in [0.5, 0.6) is 0 Å². The summed E-state index contributed by atoms with van der Waals surface area (Å²) in [5.74, 6) is -1.47. The molecule has 3 heterocycles. The number of carbonyl (C=O) groups is 1. The van der Waals surface area contributed by atoms with E-state index >= 15 is 0 Å². The molecule has 2 saturated heterocycles. The van der Waals surface area contributed by atoms with Gasteiger partial charge in [-0.05, 0) is 6.08 Å². The van der Waals surface area contributed by atoms with Gasteiger partial charge in [-0.3, -0.25) is 0 Å². The number of aliphatic carboxylic acids is 1. The van der Waals surface area contributed by atoms with Crippen LogP contribution in [0.2, 0.25) is 0 Å². The lowest BCUT2D eigenvalue weighted by Gasteiger charge is -2.44. The molecule has 0 aromatic heterocycles. The van der Waals surface area contributed by atoms with E-state index in [9.17, 15) is 30.3 Å². The van der Waals surface area contributed by atoms with Crippen LogP contribution in [0.3, 0.4) is 0 Å². The van der Waals surface area contributed by atoms with Gasteiger partial charge in [0.25, 0.3) is 0 Å². The van der Waals surface area contributed by atoms with Gasteiger partial charge >= 0.3 is 5.97 Å². The summed E-state index contributed by atoms with van der Waals surface area (Å²) in [4.78, 5) is 15.3. The molecular formula is C15H21NO11. The summed E-state index contributed by atoms with van der Waals surface area (Å²) in [6.07, 6.45) is -12.6. The minimum Gasteiger partial charge on any atom is -0.479 e. The van der Waals surface area contributed by atoms with E-state index in [0.717, 1.165) is 0 Å². The number of carboxylic acid groups (broad SMARTS) is 1. The Morgan fingerprint density at radius 3 is 2.44 bits per heavy atom. The van der Waals surface area contributed by atoms with E-state index < -0.39 is 73.9 Å². The van der Waals surface area contributed by atoms with E-state index in [2.05, 4.69) is 11.6 Å². The van der Waals surface area contributed by atoms with Gasteiger partial charge in [0.2, 0.25) is 12.2 Å². The second kappa shape index (κ2) is 7.77. The summed E-state index contributed by atoms with van der Waals surface area (Å²) in [5.41, 5.74) is 0. The van der Waals surface area contributed by atoms with Gasteiger partial charge in [0.15, 0.2) is 12.4 Å². The number of ether oxygens (including phenoxy) is 4. The van der Waals surface area contributed by atoms with E-state index in [-0.39, 0.29) is 5.90 Å². The number of fused-ring (bicyclic) bond motifs is 1. The molecule has 0 aromatic carbocycles. The van der Waals surface area contributed by atoms with Gasteiger partial charge in [0.1, 0.15) is 42.7 Å². The first-order valence-corrected chi connectivity index (χ1v) is 8.17. The number of hydrogen-bond donors (Lipinski definition) is 6. The maximum Gasteiger partial charge on any atom is 0.335 e. The first-order chi connectivity index (χ1) is 12.8. The lowest BCUT2D eigenvalue weighted by molar-refractivity contribution is -0.331. The van der Waals surface area contributed by atoms with Gasteiger partial charge in [-0.15, -0.1) is 0 Å². The van der Waals surface area contributed by atoms with Crippen molar-refractivity contribution in [3.63, 3.8) is 0 Å². The van der Waals surface area contributed by atoms with Crippen molar-refractivity contribution in [1.29, 1.82) is 0 Å². The quantitative estimate of drug-likeness (QED) is 0.271. The molecule has 2 fully saturated rings. The standard InChI is InChI=1S/C15H21NO11/c1-2-5-16-6-11(7(18)4(3-17)24-14(6)25-5)26-15-10(21)8(19)9(20)12(27-15)13(22)23/h2,4,6-12,14-15,17-21H,1,3H2,(H,22,23)/t4-,6-,7+,8+,9+,10-,11-,12+,14+,15-/m1/s1. The van der Waals surface area contributed by atoms with Gasteiger partial charge < -0.3 is 49.6 Å². The first kappa shape index (κ1) is 20.1. The monoisotopic (exact) mass is 391 g/mol. The molecule has 27 heavy (non-hydrogen) atoms. The van der Waals surface area contributed by atoms with E-state index in [4.69, 9.17) is 24.1 Å². The lowest BCUT2D eigenvalue weighted by Crippen LogP contribution is -2.64. The molecule has 0 saturated carbocycles. The zero-order valence-corrected chi connectivity index (χ0v) is 13.9. The number of carboxylic acids is 1. The van der Waals surface area contributed by atoms with Crippen molar-refractivity contribution in [2.75, 3.05) is 6.61 Å². The SMILES string of the molecule is C=CC1=N[C@H]2[C@H](O1)O[C@H](CO)[C@H](O)[C@@H]2O[C@@H]1O[C@H](C(=O)O)[C@@H](O)[C@H](O)[C@H]1O. The molecular weight excluding hydrogens is 370 g/mol. The number of hydrogen-bond acceptors (Lipinski definition) is 11. The smallest absolute Gasteiger partial charge is 0.335 e. The normalized spacial score (nSPS) is 46.9. The van der Waals surface area contributed by atoms with E-state index in [1.54, 1.807) is 0 Å².